The number of amides is 1. The van der Waals surface area contributed by atoms with E-state index in [9.17, 15) is 22.8 Å². The third-order valence-corrected chi connectivity index (χ3v) is 6.29. The number of ketones is 1. The molecule has 36 heavy (non-hydrogen) atoms. The summed E-state index contributed by atoms with van der Waals surface area (Å²) in [6, 6.07) is 11.1. The van der Waals surface area contributed by atoms with E-state index in [1.54, 1.807) is 0 Å². The minimum atomic E-state index is -4.96. The number of rotatable bonds is 8. The lowest BCUT2D eigenvalue weighted by molar-refractivity contribution is -0.274. The molecule has 2 heterocycles. The number of hydrogen-bond donors (Lipinski definition) is 1. The summed E-state index contributed by atoms with van der Waals surface area (Å²) in [5.74, 6) is -1.52. The van der Waals surface area contributed by atoms with Crippen molar-refractivity contribution >= 4 is 28.7 Å². The van der Waals surface area contributed by atoms with Crippen molar-refractivity contribution in [3.05, 3.63) is 58.6 Å². The van der Waals surface area contributed by atoms with E-state index in [0.29, 0.717) is 36.3 Å². The van der Waals surface area contributed by atoms with Crippen molar-refractivity contribution in [2.24, 2.45) is 0 Å². The number of Topliss-reactive ketones (excluding diaryl/α,β-unsaturated/α-hetero) is 1. The molecule has 3 aromatic rings. The molecule has 1 amide bonds. The van der Waals surface area contributed by atoms with Crippen molar-refractivity contribution in [1.82, 2.24) is 15.1 Å². The smallest absolute Gasteiger partial charge is 0.404 e. The molecule has 1 aliphatic heterocycles. The maximum Gasteiger partial charge on any atom is 0.573 e. The maximum absolute atomic E-state index is 12.9. The number of nitrogens with zero attached hydrogens (tertiary/aromatic N) is 3. The monoisotopic (exact) mass is 520 g/mol. The van der Waals surface area contributed by atoms with Crippen LogP contribution in [0.15, 0.2) is 42.5 Å². The summed E-state index contributed by atoms with van der Waals surface area (Å²) in [4.78, 5) is 27.2. The highest BCUT2D eigenvalue weighted by Gasteiger charge is 2.32. The molecule has 0 bridgehead atoms. The van der Waals surface area contributed by atoms with E-state index in [-0.39, 0.29) is 30.0 Å². The molecule has 1 N–H and O–H groups in total. The molecular weight excluding hydrogens is 497 g/mol. The number of ether oxygens (including phenoxy) is 2. The van der Waals surface area contributed by atoms with Crippen molar-refractivity contribution in [3.8, 4) is 16.3 Å². The number of carbonyl (C=O) groups excluding carboxylic acids is 2. The molecular formula is C24H23F3N4O4S. The third kappa shape index (κ3) is 7.09. The third-order valence-electron chi connectivity index (χ3n) is 5.32. The van der Waals surface area contributed by atoms with Crippen LogP contribution in [-0.2, 0) is 16.0 Å². The van der Waals surface area contributed by atoms with Crippen LogP contribution in [0.3, 0.4) is 0 Å². The van der Waals surface area contributed by atoms with Gasteiger partial charge in [-0.1, -0.05) is 35.1 Å². The lowest BCUT2D eigenvalue weighted by Crippen LogP contribution is -2.41. The molecule has 1 saturated heterocycles. The first-order valence-corrected chi connectivity index (χ1v) is 11.9. The number of anilines is 1. The Kier molecular flexibility index (Phi) is 7.97. The Morgan fingerprint density at radius 1 is 1.14 bits per heavy atom. The van der Waals surface area contributed by atoms with Gasteiger partial charge in [0.1, 0.15) is 10.0 Å². The number of alkyl halides is 3. The first-order chi connectivity index (χ1) is 17.2. The molecule has 1 aliphatic rings. The number of benzene rings is 2. The Balaban J connectivity index is 1.50. The molecule has 12 heteroatoms. The van der Waals surface area contributed by atoms with E-state index < -0.39 is 18.0 Å². The van der Waals surface area contributed by atoms with Gasteiger partial charge in [-0.05, 0) is 31.2 Å². The van der Waals surface area contributed by atoms with Crippen LogP contribution in [0.1, 0.15) is 20.9 Å². The number of hydrogen-bond acceptors (Lipinski definition) is 8. The lowest BCUT2D eigenvalue weighted by atomic mass is 10.1. The van der Waals surface area contributed by atoms with Gasteiger partial charge in [0.05, 0.1) is 31.9 Å². The molecule has 0 aliphatic carbocycles. The summed E-state index contributed by atoms with van der Waals surface area (Å²) >= 11 is 1.26. The normalized spacial score (nSPS) is 14.4. The van der Waals surface area contributed by atoms with Crippen LogP contribution in [-0.4, -0.2) is 66.0 Å². The molecule has 4 rings (SSSR count). The Bertz CT molecular complexity index is 1240. The fourth-order valence-corrected chi connectivity index (χ4v) is 4.46. The van der Waals surface area contributed by atoms with Gasteiger partial charge in [0.25, 0.3) is 0 Å². The predicted octanol–water partition coefficient (Wildman–Crippen LogP) is 4.11. The molecule has 0 unspecified atom stereocenters. The summed E-state index contributed by atoms with van der Waals surface area (Å²) in [6.45, 7) is 3.93. The van der Waals surface area contributed by atoms with Gasteiger partial charge < -0.3 is 14.8 Å². The summed E-state index contributed by atoms with van der Waals surface area (Å²) in [5.41, 5.74) is 1.81. The highest BCUT2D eigenvalue weighted by atomic mass is 32.1. The number of morpholine rings is 1. The lowest BCUT2D eigenvalue weighted by Gasteiger charge is -2.26. The van der Waals surface area contributed by atoms with Crippen molar-refractivity contribution in [3.63, 3.8) is 0 Å². The minimum Gasteiger partial charge on any atom is -0.404 e. The molecule has 190 valence electrons. The van der Waals surface area contributed by atoms with E-state index in [1.165, 1.54) is 23.5 Å². The van der Waals surface area contributed by atoms with Crippen molar-refractivity contribution in [2.75, 3.05) is 38.2 Å². The average molecular weight is 521 g/mol. The highest BCUT2D eigenvalue weighted by molar-refractivity contribution is 7.14. The van der Waals surface area contributed by atoms with Crippen molar-refractivity contribution in [2.45, 2.75) is 19.7 Å². The summed E-state index contributed by atoms with van der Waals surface area (Å²) in [5, 5.41) is 11.8. The van der Waals surface area contributed by atoms with Crippen molar-refractivity contribution in [1.29, 1.82) is 0 Å². The van der Waals surface area contributed by atoms with Gasteiger partial charge in [-0.3, -0.25) is 14.5 Å². The summed E-state index contributed by atoms with van der Waals surface area (Å²) in [7, 11) is 0. The Morgan fingerprint density at radius 2 is 1.92 bits per heavy atom. The maximum atomic E-state index is 12.9. The largest absolute Gasteiger partial charge is 0.573 e. The SMILES string of the molecule is Cc1cccc(-c2nnc(CC(=O)c3ccc(OC(F)(F)F)c(NC(=O)CN4CCOCC4)c3)s2)c1. The zero-order valence-corrected chi connectivity index (χ0v) is 20.1. The van der Waals surface area contributed by atoms with Gasteiger partial charge in [-0.15, -0.1) is 23.4 Å². The second kappa shape index (κ2) is 11.1. The molecule has 1 fully saturated rings. The number of halogens is 3. The minimum absolute atomic E-state index is 0.0283. The second-order valence-corrected chi connectivity index (χ2v) is 9.23. The van der Waals surface area contributed by atoms with E-state index in [1.807, 2.05) is 36.1 Å². The average Bonchev–Trinajstić information content (AvgIpc) is 3.28. The number of nitrogens with one attached hydrogen (secondary N) is 1. The molecule has 2 aromatic carbocycles. The van der Waals surface area contributed by atoms with Gasteiger partial charge in [0.15, 0.2) is 11.5 Å². The van der Waals surface area contributed by atoms with Crippen molar-refractivity contribution < 1.29 is 32.2 Å². The molecule has 1 aromatic heterocycles. The molecule has 8 nitrogen and oxygen atoms in total. The number of carbonyl (C=O) groups is 2. The Labute approximate surface area is 209 Å². The van der Waals surface area contributed by atoms with Crippen LogP contribution < -0.4 is 10.1 Å². The van der Waals surface area contributed by atoms with Crippen LogP contribution in [0, 0.1) is 6.92 Å². The van der Waals surface area contributed by atoms with E-state index in [2.05, 4.69) is 20.3 Å². The fraction of sp³-hybridized carbons (Fsp3) is 0.333. The first-order valence-electron chi connectivity index (χ1n) is 11.1. The number of aryl methyl sites for hydroxylation is 1. The summed E-state index contributed by atoms with van der Waals surface area (Å²) < 4.78 is 48.0. The van der Waals surface area contributed by atoms with Gasteiger partial charge in [-0.2, -0.15) is 0 Å². The van der Waals surface area contributed by atoms with Crippen LogP contribution in [0.25, 0.3) is 10.6 Å². The second-order valence-electron chi connectivity index (χ2n) is 8.17. The number of aromatic nitrogens is 2. The zero-order chi connectivity index (χ0) is 25.7. The highest BCUT2D eigenvalue weighted by Crippen LogP contribution is 2.32. The van der Waals surface area contributed by atoms with E-state index in [0.717, 1.165) is 17.2 Å². The van der Waals surface area contributed by atoms with E-state index >= 15 is 0 Å². The standard InChI is InChI=1S/C24H23F3N4O4S/c1-15-3-2-4-17(11-15)23-30-29-22(36-23)13-19(32)16-5-6-20(35-24(25,26)27)18(12-16)28-21(33)14-31-7-9-34-10-8-31/h2-6,11-12H,7-10,13-14H2,1H3,(H,28,33). The van der Waals surface area contributed by atoms with Crippen LogP contribution in [0.4, 0.5) is 18.9 Å². The Hall–Kier alpha value is -3.35. The van der Waals surface area contributed by atoms with E-state index in [4.69, 9.17) is 4.74 Å². The topological polar surface area (TPSA) is 93.7 Å². The summed E-state index contributed by atoms with van der Waals surface area (Å²) in [6.07, 6.45) is -5.06. The quantitative estimate of drug-likeness (QED) is 0.447. The molecule has 0 atom stereocenters. The van der Waals surface area contributed by atoms with Gasteiger partial charge in [0.2, 0.25) is 5.91 Å². The molecule has 0 spiro atoms. The molecule has 0 saturated carbocycles. The van der Waals surface area contributed by atoms with Crippen LogP contribution >= 0.6 is 11.3 Å². The molecule has 0 radical (unpaired) electrons. The van der Waals surface area contributed by atoms with Gasteiger partial charge in [0, 0.05) is 24.2 Å². The zero-order valence-electron chi connectivity index (χ0n) is 19.3. The fourth-order valence-electron chi connectivity index (χ4n) is 3.63. The van der Waals surface area contributed by atoms with Gasteiger partial charge >= 0.3 is 6.36 Å². The van der Waals surface area contributed by atoms with Gasteiger partial charge in [-0.25, -0.2) is 0 Å². The van der Waals surface area contributed by atoms with Crippen LogP contribution in [0.5, 0.6) is 5.75 Å². The Morgan fingerprint density at radius 3 is 2.64 bits per heavy atom. The first kappa shape index (κ1) is 25.7. The van der Waals surface area contributed by atoms with Crippen LogP contribution in [0.2, 0.25) is 0 Å². The predicted molar refractivity (Wildman–Crippen MR) is 127 cm³/mol.